The number of phenols is 1. The van der Waals surface area contributed by atoms with Crippen molar-refractivity contribution in [2.45, 2.75) is 46.7 Å². The Hall–Kier alpha value is -1.85. The molecule has 2 amide bonds. The van der Waals surface area contributed by atoms with E-state index < -0.39 is 0 Å². The summed E-state index contributed by atoms with van der Waals surface area (Å²) in [6.45, 7) is 12.8. The van der Waals surface area contributed by atoms with Gasteiger partial charge in [0, 0.05) is 90.4 Å². The van der Waals surface area contributed by atoms with Gasteiger partial charge in [0.05, 0.1) is 4.88 Å². The highest BCUT2D eigenvalue weighted by molar-refractivity contribution is 7.80. The van der Waals surface area contributed by atoms with Crippen LogP contribution in [-0.4, -0.2) is 88.9 Å². The lowest BCUT2D eigenvalue weighted by Gasteiger charge is -2.35. The van der Waals surface area contributed by atoms with Crippen molar-refractivity contribution in [1.29, 1.82) is 0 Å². The number of amides is 2. The molecule has 2 saturated heterocycles. The first kappa shape index (κ1) is 27.2. The van der Waals surface area contributed by atoms with E-state index in [0.717, 1.165) is 85.7 Å². The second-order valence-corrected chi connectivity index (χ2v) is 12.5. The Labute approximate surface area is 226 Å². The maximum Gasteiger partial charge on any atom is 0.219 e. The molecule has 196 valence electrons. The van der Waals surface area contributed by atoms with Gasteiger partial charge in [-0.1, -0.05) is 46.2 Å². The van der Waals surface area contributed by atoms with Gasteiger partial charge in [0.15, 0.2) is 0 Å². The summed E-state index contributed by atoms with van der Waals surface area (Å²) < 4.78 is 0.966. The molecule has 2 aromatic rings. The zero-order valence-corrected chi connectivity index (χ0v) is 23.9. The summed E-state index contributed by atoms with van der Waals surface area (Å²) in [6, 6.07) is 4.27. The summed E-state index contributed by atoms with van der Waals surface area (Å²) in [5.74, 6) is 0.597. The molecule has 7 nitrogen and oxygen atoms in total. The molecule has 1 N–H and O–H groups in total. The Bertz CT molecular complexity index is 1090. The van der Waals surface area contributed by atoms with Crippen LogP contribution in [0.4, 0.5) is 0 Å². The maximum absolute atomic E-state index is 11.7. The summed E-state index contributed by atoms with van der Waals surface area (Å²) in [4.78, 5) is 33.1. The van der Waals surface area contributed by atoms with E-state index in [2.05, 4.69) is 28.9 Å². The summed E-state index contributed by atoms with van der Waals surface area (Å²) in [7, 11) is 3.39. The van der Waals surface area contributed by atoms with E-state index in [1.54, 1.807) is 34.5 Å². The highest BCUT2D eigenvalue weighted by Gasteiger charge is 2.24. The Morgan fingerprint density at radius 1 is 0.861 bits per heavy atom. The zero-order chi connectivity index (χ0) is 25.8. The van der Waals surface area contributed by atoms with Crippen molar-refractivity contribution < 1.29 is 14.7 Å². The second-order valence-electron chi connectivity index (χ2n) is 9.72. The van der Waals surface area contributed by atoms with Gasteiger partial charge in [-0.25, -0.2) is 0 Å². The molecule has 4 rings (SSSR count). The average Bonchev–Trinajstić information content (AvgIpc) is 3.22. The van der Waals surface area contributed by atoms with Crippen molar-refractivity contribution >= 4 is 44.7 Å². The van der Waals surface area contributed by atoms with Gasteiger partial charge in [-0.3, -0.25) is 19.4 Å². The molecule has 0 saturated carbocycles. The molecule has 2 aliphatic rings. The van der Waals surface area contributed by atoms with Crippen molar-refractivity contribution in [3.05, 3.63) is 32.6 Å². The van der Waals surface area contributed by atoms with Crippen LogP contribution < -0.4 is 0 Å². The fraction of sp³-hybridized carbons (Fsp3) is 0.577. The molecule has 0 spiro atoms. The van der Waals surface area contributed by atoms with E-state index >= 15 is 0 Å². The van der Waals surface area contributed by atoms with Crippen LogP contribution >= 0.6 is 32.9 Å². The van der Waals surface area contributed by atoms with Gasteiger partial charge in [-0.2, -0.15) is 0 Å². The van der Waals surface area contributed by atoms with Crippen molar-refractivity contribution in [3.8, 4) is 16.2 Å². The summed E-state index contributed by atoms with van der Waals surface area (Å²) >= 11 is 5.65. The van der Waals surface area contributed by atoms with Crippen LogP contribution in [0, 0.1) is 3.82 Å². The van der Waals surface area contributed by atoms with E-state index in [0.29, 0.717) is 18.8 Å². The van der Waals surface area contributed by atoms with Crippen LogP contribution in [0.5, 0.6) is 5.75 Å². The number of carbonyl (C=O) groups excluding carboxylic acids is 2. The number of carbonyl (C=O) groups is 2. The Balaban J connectivity index is 1.61. The number of phenolic OH excluding ortho intramolecular Hbond substituents is 1. The Morgan fingerprint density at radius 3 is 1.75 bits per heavy atom. The third-order valence-electron chi connectivity index (χ3n) is 7.17. The first-order chi connectivity index (χ1) is 17.3. The van der Waals surface area contributed by atoms with Gasteiger partial charge in [0.1, 0.15) is 9.57 Å². The third-order valence-corrected chi connectivity index (χ3v) is 10.4. The standard InChI is InChI=1S/C26H36N4O3S3/c1-4-5-23-25(35-36-26(23)34)20-14-21(16-27-6-10-29(11-7-27)18(2)31)24(33)22(15-20)17-28-8-12-30(13-9-28)19(3)32/h14-15,33H,4-13,16-17H2,1-3H3. The van der Waals surface area contributed by atoms with Crippen LogP contribution in [0.15, 0.2) is 12.1 Å². The fourth-order valence-corrected chi connectivity index (χ4v) is 8.01. The van der Waals surface area contributed by atoms with Gasteiger partial charge >= 0.3 is 0 Å². The third kappa shape index (κ3) is 6.34. The smallest absolute Gasteiger partial charge is 0.219 e. The average molecular weight is 549 g/mol. The minimum Gasteiger partial charge on any atom is -0.507 e. The van der Waals surface area contributed by atoms with Crippen LogP contribution in [0.2, 0.25) is 0 Å². The lowest BCUT2D eigenvalue weighted by molar-refractivity contribution is -0.131. The Kier molecular flexibility index (Phi) is 9.16. The van der Waals surface area contributed by atoms with Crippen LogP contribution in [0.25, 0.3) is 10.4 Å². The summed E-state index contributed by atoms with van der Waals surface area (Å²) in [5, 5.41) is 11.4. The highest BCUT2D eigenvalue weighted by Crippen LogP contribution is 2.39. The molecule has 0 radical (unpaired) electrons. The number of piperazine rings is 2. The van der Waals surface area contributed by atoms with Gasteiger partial charge in [0.2, 0.25) is 11.8 Å². The van der Waals surface area contributed by atoms with Crippen LogP contribution in [0.3, 0.4) is 0 Å². The van der Waals surface area contributed by atoms with Gasteiger partial charge < -0.3 is 14.9 Å². The lowest BCUT2D eigenvalue weighted by atomic mass is 9.99. The molecule has 36 heavy (non-hydrogen) atoms. The largest absolute Gasteiger partial charge is 0.507 e. The molecule has 10 heteroatoms. The SMILES string of the molecule is CCCc1c(-c2cc(CN3CCN(C(C)=O)CC3)c(O)c(CN3CCN(C(C)=O)CC3)c2)ssc1=S. The normalized spacial score (nSPS) is 17.5. The highest BCUT2D eigenvalue weighted by atomic mass is 32.9. The van der Waals surface area contributed by atoms with Crippen molar-refractivity contribution in [2.75, 3.05) is 52.4 Å². The van der Waals surface area contributed by atoms with Gasteiger partial charge in [-0.15, -0.1) is 0 Å². The molecule has 0 bridgehead atoms. The molecular formula is C26H36N4O3S3. The number of nitrogens with zero attached hydrogens (tertiary/aromatic N) is 4. The van der Waals surface area contributed by atoms with E-state index in [1.807, 2.05) is 9.80 Å². The lowest BCUT2D eigenvalue weighted by Crippen LogP contribution is -2.47. The van der Waals surface area contributed by atoms with Crippen molar-refractivity contribution in [2.24, 2.45) is 0 Å². The predicted molar refractivity (Wildman–Crippen MR) is 149 cm³/mol. The number of aromatic hydroxyl groups is 1. The predicted octanol–water partition coefficient (Wildman–Crippen LogP) is 4.19. The second kappa shape index (κ2) is 12.1. The quantitative estimate of drug-likeness (QED) is 0.413. The summed E-state index contributed by atoms with van der Waals surface area (Å²) in [5.41, 5.74) is 4.22. The van der Waals surface area contributed by atoms with E-state index in [9.17, 15) is 14.7 Å². The molecule has 0 aliphatic carbocycles. The first-order valence-electron chi connectivity index (χ1n) is 12.7. The van der Waals surface area contributed by atoms with Gasteiger partial charge in [-0.05, 0) is 29.7 Å². The first-order valence-corrected chi connectivity index (χ1v) is 15.3. The van der Waals surface area contributed by atoms with E-state index in [4.69, 9.17) is 12.2 Å². The number of hydrogen-bond acceptors (Lipinski definition) is 8. The van der Waals surface area contributed by atoms with Crippen molar-refractivity contribution in [1.82, 2.24) is 19.6 Å². The monoisotopic (exact) mass is 548 g/mol. The minimum atomic E-state index is 0.119. The number of hydrogen-bond donors (Lipinski definition) is 1. The van der Waals surface area contributed by atoms with Gasteiger partial charge in [0.25, 0.3) is 0 Å². The minimum absolute atomic E-state index is 0.119. The topological polar surface area (TPSA) is 67.3 Å². The Morgan fingerprint density at radius 2 is 1.33 bits per heavy atom. The van der Waals surface area contributed by atoms with E-state index in [1.165, 1.54) is 10.4 Å². The van der Waals surface area contributed by atoms with E-state index in [-0.39, 0.29) is 11.8 Å². The molecular weight excluding hydrogens is 513 g/mol. The zero-order valence-electron chi connectivity index (χ0n) is 21.4. The fourth-order valence-electron chi connectivity index (χ4n) is 5.02. The molecule has 2 fully saturated rings. The number of benzene rings is 1. The molecule has 2 aliphatic heterocycles. The molecule has 0 atom stereocenters. The molecule has 3 heterocycles. The number of rotatable bonds is 7. The van der Waals surface area contributed by atoms with Crippen LogP contribution in [0.1, 0.15) is 43.9 Å². The van der Waals surface area contributed by atoms with Crippen molar-refractivity contribution in [3.63, 3.8) is 0 Å². The van der Waals surface area contributed by atoms with Crippen LogP contribution in [-0.2, 0) is 29.1 Å². The summed E-state index contributed by atoms with van der Waals surface area (Å²) in [6.07, 6.45) is 2.00. The maximum atomic E-state index is 11.7. The molecule has 1 aromatic carbocycles. The molecule has 1 aromatic heterocycles. The molecule has 0 unspecified atom stereocenters.